The highest BCUT2D eigenvalue weighted by molar-refractivity contribution is 5.95. The number of fused-ring (bicyclic) bond motifs is 1. The van der Waals surface area contributed by atoms with Gasteiger partial charge in [-0.3, -0.25) is 4.79 Å². The van der Waals surface area contributed by atoms with Crippen LogP contribution in [0.4, 0.5) is 10.1 Å². The monoisotopic (exact) mass is 372 g/mol. The first-order chi connectivity index (χ1) is 12.9. The molecule has 2 aliphatic rings. The van der Waals surface area contributed by atoms with Crippen LogP contribution in [0, 0.1) is 12.8 Å². The van der Waals surface area contributed by atoms with Gasteiger partial charge in [-0.2, -0.15) is 0 Å². The van der Waals surface area contributed by atoms with Crippen LogP contribution in [0.25, 0.3) is 10.9 Å². The molecule has 0 spiro atoms. The number of alkyl halides is 1. The molecule has 1 N–H and O–H groups in total. The van der Waals surface area contributed by atoms with Crippen molar-refractivity contribution >= 4 is 22.6 Å². The van der Waals surface area contributed by atoms with Crippen LogP contribution >= 0.6 is 0 Å². The smallest absolute Gasteiger partial charge is 0.341 e. The molecule has 0 bridgehead atoms. The summed E-state index contributed by atoms with van der Waals surface area (Å²) in [4.78, 5) is 26.5. The second kappa shape index (κ2) is 6.66. The van der Waals surface area contributed by atoms with Gasteiger partial charge in [0.15, 0.2) is 0 Å². The number of aryl methyl sites for hydroxylation is 1. The number of carboxylic acid groups (broad SMARTS) is 1. The highest BCUT2D eigenvalue weighted by Gasteiger charge is 2.40. The zero-order valence-electron chi connectivity index (χ0n) is 15.7. The van der Waals surface area contributed by atoms with Gasteiger partial charge in [0.05, 0.1) is 11.6 Å². The zero-order chi connectivity index (χ0) is 19.3. The summed E-state index contributed by atoms with van der Waals surface area (Å²) in [6.07, 6.45) is 4.20. The number of aromatic nitrogens is 1. The van der Waals surface area contributed by atoms with E-state index >= 15 is 0 Å². The van der Waals surface area contributed by atoms with E-state index in [1.54, 1.807) is 10.6 Å². The SMILES string of the molecule is CCC1CCN(c2ccc3c(=O)c(C(=O)O)cn(C4CC4F)c3c2C)CC1. The summed E-state index contributed by atoms with van der Waals surface area (Å²) in [6, 6.07) is 3.25. The molecule has 2 aromatic rings. The van der Waals surface area contributed by atoms with Crippen LogP contribution in [0.15, 0.2) is 23.1 Å². The van der Waals surface area contributed by atoms with Crippen LogP contribution in [0.2, 0.25) is 0 Å². The lowest BCUT2D eigenvalue weighted by Crippen LogP contribution is -2.34. The molecule has 1 saturated heterocycles. The minimum Gasteiger partial charge on any atom is -0.477 e. The van der Waals surface area contributed by atoms with Crippen molar-refractivity contribution < 1.29 is 14.3 Å². The Kier molecular flexibility index (Phi) is 4.44. The van der Waals surface area contributed by atoms with Crippen molar-refractivity contribution in [2.75, 3.05) is 18.0 Å². The van der Waals surface area contributed by atoms with Crippen LogP contribution in [0.1, 0.15) is 54.6 Å². The molecule has 4 rings (SSSR count). The molecule has 1 aliphatic carbocycles. The Morgan fingerprint density at radius 2 is 1.96 bits per heavy atom. The number of aromatic carboxylic acids is 1. The summed E-state index contributed by atoms with van der Waals surface area (Å²) in [5.41, 5.74) is 1.87. The van der Waals surface area contributed by atoms with Crippen molar-refractivity contribution in [3.05, 3.63) is 39.7 Å². The van der Waals surface area contributed by atoms with Gasteiger partial charge in [-0.1, -0.05) is 13.3 Å². The number of piperidine rings is 1. The van der Waals surface area contributed by atoms with E-state index in [-0.39, 0.29) is 11.6 Å². The maximum Gasteiger partial charge on any atom is 0.341 e. The topological polar surface area (TPSA) is 62.5 Å². The van der Waals surface area contributed by atoms with Crippen molar-refractivity contribution in [1.82, 2.24) is 4.57 Å². The first-order valence-electron chi connectivity index (χ1n) is 9.73. The number of carbonyl (C=O) groups is 1. The normalized spacial score (nSPS) is 23.0. The van der Waals surface area contributed by atoms with Crippen molar-refractivity contribution in [2.45, 2.75) is 51.7 Å². The van der Waals surface area contributed by atoms with Crippen molar-refractivity contribution in [3.63, 3.8) is 0 Å². The molecule has 2 atom stereocenters. The van der Waals surface area contributed by atoms with E-state index in [2.05, 4.69) is 11.8 Å². The first-order valence-corrected chi connectivity index (χ1v) is 9.73. The molecule has 1 aromatic carbocycles. The number of carboxylic acids is 1. The molecule has 2 unspecified atom stereocenters. The predicted molar refractivity (Wildman–Crippen MR) is 104 cm³/mol. The Morgan fingerprint density at radius 1 is 1.30 bits per heavy atom. The minimum atomic E-state index is -1.27. The van der Waals surface area contributed by atoms with E-state index in [1.807, 2.05) is 13.0 Å². The van der Waals surface area contributed by atoms with Gasteiger partial charge in [0.2, 0.25) is 5.43 Å². The maximum absolute atomic E-state index is 13.8. The molecule has 1 aliphatic heterocycles. The Morgan fingerprint density at radius 3 is 2.52 bits per heavy atom. The molecular formula is C21H25FN2O3. The summed E-state index contributed by atoms with van der Waals surface area (Å²) in [7, 11) is 0. The molecule has 2 fully saturated rings. The Balaban J connectivity index is 1.86. The predicted octanol–water partition coefficient (Wildman–Crippen LogP) is 3.92. The van der Waals surface area contributed by atoms with E-state index < -0.39 is 17.6 Å². The van der Waals surface area contributed by atoms with Gasteiger partial charge in [-0.05, 0) is 43.4 Å². The molecule has 2 heterocycles. The van der Waals surface area contributed by atoms with Crippen LogP contribution in [-0.4, -0.2) is 34.9 Å². The number of hydrogen-bond acceptors (Lipinski definition) is 3. The van der Waals surface area contributed by atoms with Crippen LogP contribution in [0.5, 0.6) is 0 Å². The number of pyridine rings is 1. The third-order valence-corrected chi connectivity index (χ3v) is 6.22. The lowest BCUT2D eigenvalue weighted by molar-refractivity contribution is 0.0694. The van der Waals surface area contributed by atoms with Gasteiger partial charge in [0.25, 0.3) is 0 Å². The average molecular weight is 372 g/mol. The largest absolute Gasteiger partial charge is 0.477 e. The third-order valence-electron chi connectivity index (χ3n) is 6.22. The molecule has 0 radical (unpaired) electrons. The van der Waals surface area contributed by atoms with Crippen molar-refractivity contribution in [1.29, 1.82) is 0 Å². The Labute approximate surface area is 157 Å². The Bertz CT molecular complexity index is 960. The van der Waals surface area contributed by atoms with E-state index in [1.165, 1.54) is 12.6 Å². The molecule has 5 nitrogen and oxygen atoms in total. The number of hydrogen-bond donors (Lipinski definition) is 1. The number of anilines is 1. The second-order valence-corrected chi connectivity index (χ2v) is 7.85. The second-order valence-electron chi connectivity index (χ2n) is 7.85. The number of halogens is 1. The van der Waals surface area contributed by atoms with Crippen molar-refractivity contribution in [3.8, 4) is 0 Å². The quantitative estimate of drug-likeness (QED) is 0.884. The highest BCUT2D eigenvalue weighted by atomic mass is 19.1. The lowest BCUT2D eigenvalue weighted by Gasteiger charge is -2.34. The van der Waals surface area contributed by atoms with Gasteiger partial charge in [-0.15, -0.1) is 0 Å². The van der Waals surface area contributed by atoms with E-state index in [4.69, 9.17) is 0 Å². The molecule has 0 amide bonds. The number of nitrogens with zero attached hydrogens (tertiary/aromatic N) is 2. The fourth-order valence-electron chi connectivity index (χ4n) is 4.39. The van der Waals surface area contributed by atoms with Crippen molar-refractivity contribution in [2.24, 2.45) is 5.92 Å². The standard InChI is InChI=1S/C21H25FN2O3/c1-3-13-6-8-23(9-7-13)17-5-4-14-19(12(17)2)24(18-10-16(18)22)11-15(20(14)25)21(26)27/h4-5,11,13,16,18H,3,6-10H2,1-2H3,(H,26,27). The van der Waals surface area contributed by atoms with Gasteiger partial charge in [0.1, 0.15) is 11.7 Å². The number of benzene rings is 1. The third kappa shape index (κ3) is 3.01. The van der Waals surface area contributed by atoms with Gasteiger partial charge in [0, 0.05) is 36.8 Å². The van der Waals surface area contributed by atoms with E-state index in [9.17, 15) is 19.1 Å². The summed E-state index contributed by atoms with van der Waals surface area (Å²) in [6.45, 7) is 6.12. The summed E-state index contributed by atoms with van der Waals surface area (Å²) in [5, 5.41) is 9.74. The zero-order valence-corrected chi connectivity index (χ0v) is 15.7. The Hall–Kier alpha value is -2.37. The fourth-order valence-corrected chi connectivity index (χ4v) is 4.39. The van der Waals surface area contributed by atoms with Crippen LogP contribution in [-0.2, 0) is 0 Å². The minimum absolute atomic E-state index is 0.294. The average Bonchev–Trinajstić information content (AvgIpc) is 3.39. The van der Waals surface area contributed by atoms with E-state index in [0.717, 1.165) is 43.1 Å². The molecule has 1 saturated carbocycles. The maximum atomic E-state index is 13.8. The molecular weight excluding hydrogens is 347 g/mol. The van der Waals surface area contributed by atoms with Gasteiger partial charge >= 0.3 is 5.97 Å². The van der Waals surface area contributed by atoms with Crippen LogP contribution in [0.3, 0.4) is 0 Å². The number of rotatable bonds is 4. The summed E-state index contributed by atoms with van der Waals surface area (Å²) in [5.74, 6) is -0.507. The molecule has 144 valence electrons. The molecule has 6 heteroatoms. The first kappa shape index (κ1) is 18.0. The lowest BCUT2D eigenvalue weighted by atomic mass is 9.93. The van der Waals surface area contributed by atoms with Crippen LogP contribution < -0.4 is 10.3 Å². The summed E-state index contributed by atoms with van der Waals surface area (Å²) < 4.78 is 15.5. The molecule has 27 heavy (non-hydrogen) atoms. The summed E-state index contributed by atoms with van der Waals surface area (Å²) >= 11 is 0. The molecule has 1 aromatic heterocycles. The van der Waals surface area contributed by atoms with Gasteiger partial charge < -0.3 is 14.6 Å². The highest BCUT2D eigenvalue weighted by Crippen LogP contribution is 2.42. The van der Waals surface area contributed by atoms with Gasteiger partial charge in [-0.25, -0.2) is 9.18 Å². The van der Waals surface area contributed by atoms with E-state index in [0.29, 0.717) is 17.3 Å². The fraction of sp³-hybridized carbons (Fsp3) is 0.524.